The third-order valence-electron chi connectivity index (χ3n) is 6.11. The average molecular weight is 316 g/mol. The summed E-state index contributed by atoms with van der Waals surface area (Å²) in [5.74, 6) is 0.627. The van der Waals surface area contributed by atoms with E-state index in [9.17, 15) is 9.59 Å². The van der Waals surface area contributed by atoms with Crippen molar-refractivity contribution >= 4 is 11.8 Å². The standard InChI is InChI=1S/C19H24O4/c1-18-8-5-9-19(2,17(21)23-4)16(18)11-15(20)13-7-6-12(22-3)10-14(13)18/h6-7,10,16H,5,8-9,11H2,1-4H3/t16?,18-,19+/m1/s1. The van der Waals surface area contributed by atoms with Crippen LogP contribution in [0.4, 0.5) is 0 Å². The van der Waals surface area contributed by atoms with Crippen molar-refractivity contribution in [2.75, 3.05) is 14.2 Å². The fourth-order valence-electron chi connectivity index (χ4n) is 4.79. The lowest BCUT2D eigenvalue weighted by molar-refractivity contribution is -0.160. The van der Waals surface area contributed by atoms with E-state index in [4.69, 9.17) is 9.47 Å². The molecule has 0 spiro atoms. The molecule has 1 unspecified atom stereocenters. The molecule has 4 nitrogen and oxygen atoms in total. The molecule has 0 heterocycles. The zero-order chi connectivity index (χ0) is 16.8. The molecule has 0 bridgehead atoms. The van der Waals surface area contributed by atoms with Crippen molar-refractivity contribution in [2.24, 2.45) is 11.3 Å². The van der Waals surface area contributed by atoms with Gasteiger partial charge >= 0.3 is 5.97 Å². The smallest absolute Gasteiger partial charge is 0.311 e. The number of fused-ring (bicyclic) bond motifs is 3. The highest BCUT2D eigenvalue weighted by atomic mass is 16.5. The Bertz CT molecular complexity index is 665. The maximum atomic E-state index is 12.7. The molecule has 2 aliphatic carbocycles. The van der Waals surface area contributed by atoms with Gasteiger partial charge in [0.15, 0.2) is 5.78 Å². The number of benzene rings is 1. The minimum atomic E-state index is -0.613. The van der Waals surface area contributed by atoms with Gasteiger partial charge in [0.05, 0.1) is 19.6 Å². The molecule has 0 amide bonds. The van der Waals surface area contributed by atoms with Crippen molar-refractivity contribution < 1.29 is 19.1 Å². The molecule has 0 saturated heterocycles. The Morgan fingerprint density at radius 1 is 1.22 bits per heavy atom. The summed E-state index contributed by atoms with van der Waals surface area (Å²) in [6.45, 7) is 4.14. The second-order valence-electron chi connectivity index (χ2n) is 7.27. The minimum Gasteiger partial charge on any atom is -0.497 e. The van der Waals surface area contributed by atoms with Crippen LogP contribution < -0.4 is 4.74 Å². The van der Waals surface area contributed by atoms with Crippen molar-refractivity contribution in [2.45, 2.75) is 44.9 Å². The largest absolute Gasteiger partial charge is 0.497 e. The van der Waals surface area contributed by atoms with Crippen LogP contribution in [0.3, 0.4) is 0 Å². The predicted octanol–water partition coefficient (Wildman–Crippen LogP) is 3.52. The molecular formula is C19H24O4. The van der Waals surface area contributed by atoms with Crippen LogP contribution >= 0.6 is 0 Å². The van der Waals surface area contributed by atoms with Crippen LogP contribution in [0.15, 0.2) is 18.2 Å². The second-order valence-corrected chi connectivity index (χ2v) is 7.27. The highest BCUT2D eigenvalue weighted by molar-refractivity contribution is 6.00. The Balaban J connectivity index is 2.17. The molecule has 2 aliphatic rings. The molecule has 0 aromatic heterocycles. The van der Waals surface area contributed by atoms with Crippen molar-refractivity contribution in [3.63, 3.8) is 0 Å². The van der Waals surface area contributed by atoms with Crippen molar-refractivity contribution in [1.29, 1.82) is 0 Å². The van der Waals surface area contributed by atoms with Gasteiger partial charge in [-0.3, -0.25) is 9.59 Å². The number of Topliss-reactive ketones (excluding diaryl/α,β-unsaturated/α-hetero) is 1. The van der Waals surface area contributed by atoms with E-state index in [1.165, 1.54) is 7.11 Å². The lowest BCUT2D eigenvalue weighted by Gasteiger charge is -2.53. The van der Waals surface area contributed by atoms with E-state index in [1.807, 2.05) is 25.1 Å². The molecule has 0 radical (unpaired) electrons. The Kier molecular flexibility index (Phi) is 3.74. The second kappa shape index (κ2) is 5.36. The van der Waals surface area contributed by atoms with Gasteiger partial charge in [0, 0.05) is 12.0 Å². The first-order chi connectivity index (χ1) is 10.9. The normalized spacial score (nSPS) is 32.7. The fraction of sp³-hybridized carbons (Fsp3) is 0.579. The van der Waals surface area contributed by atoms with E-state index >= 15 is 0 Å². The third-order valence-corrected chi connectivity index (χ3v) is 6.11. The van der Waals surface area contributed by atoms with Crippen LogP contribution in [0.2, 0.25) is 0 Å². The van der Waals surface area contributed by atoms with Gasteiger partial charge in [-0.05, 0) is 54.9 Å². The number of ketones is 1. The molecule has 0 N–H and O–H groups in total. The van der Waals surface area contributed by atoms with Crippen LogP contribution in [0.1, 0.15) is 55.5 Å². The predicted molar refractivity (Wildman–Crippen MR) is 86.8 cm³/mol. The summed E-state index contributed by atoms with van der Waals surface area (Å²) in [6.07, 6.45) is 3.09. The van der Waals surface area contributed by atoms with Crippen LogP contribution in [0.25, 0.3) is 0 Å². The molecule has 124 valence electrons. The maximum absolute atomic E-state index is 12.7. The maximum Gasteiger partial charge on any atom is 0.311 e. The first kappa shape index (κ1) is 16.0. The summed E-state index contributed by atoms with van der Waals surface area (Å²) in [4.78, 5) is 25.2. The van der Waals surface area contributed by atoms with Gasteiger partial charge in [-0.25, -0.2) is 0 Å². The Morgan fingerprint density at radius 3 is 2.61 bits per heavy atom. The number of hydrogen-bond acceptors (Lipinski definition) is 4. The number of carbonyl (C=O) groups excluding carboxylic acids is 2. The first-order valence-electron chi connectivity index (χ1n) is 8.17. The third kappa shape index (κ3) is 2.19. The minimum absolute atomic E-state index is 0.0386. The quantitative estimate of drug-likeness (QED) is 0.783. The Morgan fingerprint density at radius 2 is 1.96 bits per heavy atom. The number of esters is 1. The molecule has 1 saturated carbocycles. The molecule has 1 aromatic rings. The van der Waals surface area contributed by atoms with Crippen LogP contribution in [-0.4, -0.2) is 26.0 Å². The molecule has 3 rings (SSSR count). The molecule has 1 aromatic carbocycles. The fourth-order valence-corrected chi connectivity index (χ4v) is 4.79. The van der Waals surface area contributed by atoms with E-state index in [1.54, 1.807) is 7.11 Å². The van der Waals surface area contributed by atoms with Gasteiger partial charge in [-0.15, -0.1) is 0 Å². The average Bonchev–Trinajstić information content (AvgIpc) is 2.56. The van der Waals surface area contributed by atoms with Crippen molar-refractivity contribution in [3.05, 3.63) is 29.3 Å². The zero-order valence-electron chi connectivity index (χ0n) is 14.3. The van der Waals surface area contributed by atoms with Gasteiger partial charge in [-0.2, -0.15) is 0 Å². The topological polar surface area (TPSA) is 52.6 Å². The Hall–Kier alpha value is -1.84. The van der Waals surface area contributed by atoms with Gasteiger partial charge < -0.3 is 9.47 Å². The molecule has 23 heavy (non-hydrogen) atoms. The van der Waals surface area contributed by atoms with Gasteiger partial charge in [0.2, 0.25) is 0 Å². The first-order valence-corrected chi connectivity index (χ1v) is 8.17. The summed E-state index contributed by atoms with van der Waals surface area (Å²) < 4.78 is 10.4. The molecule has 3 atom stereocenters. The summed E-state index contributed by atoms with van der Waals surface area (Å²) in [7, 11) is 3.06. The number of carbonyl (C=O) groups is 2. The van der Waals surface area contributed by atoms with Gasteiger partial charge in [0.25, 0.3) is 0 Å². The SMILES string of the molecule is COC(=O)[C@@]1(C)CCC[C@]2(C)c3cc(OC)ccc3C(=O)CC12. The molecular weight excluding hydrogens is 292 g/mol. The van der Waals surface area contributed by atoms with E-state index in [2.05, 4.69) is 6.92 Å². The number of rotatable bonds is 2. The van der Waals surface area contributed by atoms with Crippen LogP contribution in [0, 0.1) is 11.3 Å². The number of ether oxygens (including phenoxy) is 2. The van der Waals surface area contributed by atoms with Gasteiger partial charge in [-0.1, -0.05) is 13.3 Å². The zero-order valence-corrected chi connectivity index (χ0v) is 14.3. The van der Waals surface area contributed by atoms with E-state index < -0.39 is 5.41 Å². The summed E-state index contributed by atoms with van der Waals surface area (Å²) in [5.41, 5.74) is 0.976. The monoisotopic (exact) mass is 316 g/mol. The van der Waals surface area contributed by atoms with Crippen molar-refractivity contribution in [3.8, 4) is 5.75 Å². The highest BCUT2D eigenvalue weighted by Crippen LogP contribution is 2.57. The summed E-state index contributed by atoms with van der Waals surface area (Å²) >= 11 is 0. The van der Waals surface area contributed by atoms with E-state index in [-0.39, 0.29) is 23.1 Å². The van der Waals surface area contributed by atoms with Crippen LogP contribution in [-0.2, 0) is 14.9 Å². The highest BCUT2D eigenvalue weighted by Gasteiger charge is 2.57. The van der Waals surface area contributed by atoms with Crippen LogP contribution in [0.5, 0.6) is 5.75 Å². The lowest BCUT2D eigenvalue weighted by atomic mass is 9.49. The van der Waals surface area contributed by atoms with Crippen molar-refractivity contribution in [1.82, 2.24) is 0 Å². The molecule has 1 fully saturated rings. The lowest BCUT2D eigenvalue weighted by Crippen LogP contribution is -2.53. The Labute approximate surface area is 137 Å². The van der Waals surface area contributed by atoms with Gasteiger partial charge in [0.1, 0.15) is 5.75 Å². The van der Waals surface area contributed by atoms with E-state index in [0.29, 0.717) is 6.42 Å². The summed E-state index contributed by atoms with van der Waals surface area (Å²) in [5, 5.41) is 0. The molecule has 4 heteroatoms. The molecule has 0 aliphatic heterocycles. The number of hydrogen-bond donors (Lipinski definition) is 0. The summed E-state index contributed by atoms with van der Waals surface area (Å²) in [6, 6.07) is 5.67. The number of methoxy groups -OCH3 is 2. The van der Waals surface area contributed by atoms with E-state index in [0.717, 1.165) is 36.1 Å².